The number of amides is 1. The Bertz CT molecular complexity index is 1150. The van der Waals surface area contributed by atoms with Crippen molar-refractivity contribution >= 4 is 17.2 Å². The number of nitrogens with zero attached hydrogens (tertiary/aromatic N) is 1. The molecule has 0 spiro atoms. The average Bonchev–Trinajstić information content (AvgIpc) is 3.34. The van der Waals surface area contributed by atoms with Gasteiger partial charge < -0.3 is 14.8 Å². The molecule has 1 aliphatic rings. The van der Waals surface area contributed by atoms with E-state index in [2.05, 4.69) is 10.3 Å². The zero-order valence-corrected chi connectivity index (χ0v) is 17.5. The number of fused-ring (bicyclic) bond motifs is 1. The van der Waals surface area contributed by atoms with Gasteiger partial charge in [0.2, 0.25) is 0 Å². The minimum atomic E-state index is -0.324. The van der Waals surface area contributed by atoms with Crippen LogP contribution < -0.4 is 14.8 Å². The highest BCUT2D eigenvalue weighted by Gasteiger charge is 2.20. The van der Waals surface area contributed by atoms with Gasteiger partial charge in [0.1, 0.15) is 13.2 Å². The molecule has 0 aliphatic carbocycles. The molecule has 5 nitrogen and oxygen atoms in total. The summed E-state index contributed by atoms with van der Waals surface area (Å²) in [7, 11) is 0. The Morgan fingerprint density at radius 1 is 0.903 bits per heavy atom. The molecule has 154 valence electrons. The van der Waals surface area contributed by atoms with Crippen LogP contribution in [0.5, 0.6) is 11.5 Å². The van der Waals surface area contributed by atoms with Crippen molar-refractivity contribution in [1.29, 1.82) is 0 Å². The van der Waals surface area contributed by atoms with Crippen molar-refractivity contribution in [2.24, 2.45) is 0 Å². The first-order chi connectivity index (χ1) is 15.3. The Balaban J connectivity index is 1.39. The smallest absolute Gasteiger partial charge is 0.262 e. The Morgan fingerprint density at radius 3 is 2.52 bits per heavy atom. The molecule has 0 saturated carbocycles. The number of carbonyl (C=O) groups excluding carboxylic acids is 1. The zero-order chi connectivity index (χ0) is 21.0. The molecule has 0 bridgehead atoms. The van der Waals surface area contributed by atoms with E-state index in [0.717, 1.165) is 33.2 Å². The Kier molecular flexibility index (Phi) is 5.37. The lowest BCUT2D eigenvalue weighted by Crippen LogP contribution is -2.29. The summed E-state index contributed by atoms with van der Waals surface area (Å²) in [5.74, 6) is 1.36. The Morgan fingerprint density at radius 2 is 1.71 bits per heavy atom. The van der Waals surface area contributed by atoms with E-state index >= 15 is 0 Å². The van der Waals surface area contributed by atoms with Crippen molar-refractivity contribution in [3.63, 3.8) is 0 Å². The van der Waals surface area contributed by atoms with Gasteiger partial charge in [0.15, 0.2) is 11.5 Å². The first-order valence-corrected chi connectivity index (χ1v) is 10.9. The van der Waals surface area contributed by atoms with Crippen molar-refractivity contribution in [2.75, 3.05) is 13.2 Å². The van der Waals surface area contributed by atoms with Gasteiger partial charge in [-0.25, -0.2) is 0 Å². The molecule has 0 saturated heterocycles. The first kappa shape index (κ1) is 19.3. The minimum Gasteiger partial charge on any atom is -0.486 e. The number of ether oxygens (including phenoxy) is 2. The number of thiophene rings is 1. The van der Waals surface area contributed by atoms with Crippen LogP contribution in [0.25, 0.3) is 10.4 Å². The highest BCUT2D eigenvalue weighted by Crippen LogP contribution is 2.37. The van der Waals surface area contributed by atoms with Gasteiger partial charge in [0, 0.05) is 11.1 Å². The monoisotopic (exact) mass is 428 g/mol. The van der Waals surface area contributed by atoms with Crippen LogP contribution in [-0.2, 0) is 0 Å². The maximum absolute atomic E-state index is 13.1. The number of hydrogen-bond donors (Lipinski definition) is 1. The topological polar surface area (TPSA) is 60.5 Å². The molecule has 0 fully saturated rings. The summed E-state index contributed by atoms with van der Waals surface area (Å²) in [6, 6.07) is 24.9. The predicted octanol–water partition coefficient (Wildman–Crippen LogP) is 5.10. The number of pyridine rings is 1. The highest BCUT2D eigenvalue weighted by molar-refractivity contribution is 7.17. The van der Waals surface area contributed by atoms with Crippen molar-refractivity contribution in [1.82, 2.24) is 10.3 Å². The minimum absolute atomic E-state index is 0.131. The summed E-state index contributed by atoms with van der Waals surface area (Å²) in [4.78, 5) is 19.2. The van der Waals surface area contributed by atoms with Crippen LogP contribution in [0.15, 0.2) is 85.1 Å². The summed E-state index contributed by atoms with van der Waals surface area (Å²) >= 11 is 1.45. The van der Waals surface area contributed by atoms with E-state index in [-0.39, 0.29) is 11.9 Å². The largest absolute Gasteiger partial charge is 0.486 e. The summed E-state index contributed by atoms with van der Waals surface area (Å²) in [6.07, 6.45) is 1.74. The fourth-order valence-electron chi connectivity index (χ4n) is 3.53. The lowest BCUT2D eigenvalue weighted by Gasteiger charge is -2.18. The second-order valence-corrected chi connectivity index (χ2v) is 8.18. The molecule has 2 aromatic heterocycles. The third-order valence-electron chi connectivity index (χ3n) is 5.05. The van der Waals surface area contributed by atoms with Crippen LogP contribution in [0.3, 0.4) is 0 Å². The van der Waals surface area contributed by atoms with Crippen LogP contribution in [0.1, 0.15) is 27.0 Å². The molecule has 4 aromatic rings. The lowest BCUT2D eigenvalue weighted by atomic mass is 10.0. The number of nitrogens with one attached hydrogen (secondary N) is 1. The van der Waals surface area contributed by atoms with Gasteiger partial charge in [-0.05, 0) is 53.6 Å². The molecule has 31 heavy (non-hydrogen) atoms. The third kappa shape index (κ3) is 4.15. The molecular weight excluding hydrogens is 408 g/mol. The highest BCUT2D eigenvalue weighted by atomic mass is 32.1. The number of aromatic nitrogens is 1. The molecule has 1 N–H and O–H groups in total. The van der Waals surface area contributed by atoms with E-state index in [1.807, 2.05) is 78.9 Å². The number of benzene rings is 2. The molecule has 3 heterocycles. The van der Waals surface area contributed by atoms with Crippen molar-refractivity contribution in [3.05, 3.63) is 101 Å². The Hall–Kier alpha value is -3.64. The molecule has 0 radical (unpaired) electrons. The lowest BCUT2D eigenvalue weighted by molar-refractivity contribution is 0.0946. The van der Waals surface area contributed by atoms with Crippen LogP contribution >= 0.6 is 11.3 Å². The van der Waals surface area contributed by atoms with Crippen LogP contribution in [0, 0.1) is 0 Å². The maximum atomic E-state index is 13.1. The number of carbonyl (C=O) groups is 1. The molecular formula is C25H20N2O3S. The van der Waals surface area contributed by atoms with Crippen molar-refractivity contribution < 1.29 is 14.3 Å². The normalized spacial score (nSPS) is 13.4. The molecule has 2 aromatic carbocycles. The molecule has 6 heteroatoms. The van der Waals surface area contributed by atoms with E-state index in [9.17, 15) is 4.79 Å². The van der Waals surface area contributed by atoms with Crippen LogP contribution in [0.2, 0.25) is 0 Å². The van der Waals surface area contributed by atoms with Gasteiger partial charge in [0.25, 0.3) is 5.91 Å². The molecule has 1 amide bonds. The summed E-state index contributed by atoms with van der Waals surface area (Å²) in [6.45, 7) is 1.11. The molecule has 1 unspecified atom stereocenters. The standard InChI is InChI=1S/C25H20N2O3S/c28-25(27-24(17-6-2-1-3-7-17)19-8-4-5-13-26-19)23-12-11-22(31-23)18-9-10-20-21(16-18)30-15-14-29-20/h1-13,16,24H,14-15H2,(H,27,28). The Labute approximate surface area is 184 Å². The van der Waals surface area contributed by atoms with Gasteiger partial charge in [-0.2, -0.15) is 0 Å². The second kappa shape index (κ2) is 8.62. The fourth-order valence-corrected chi connectivity index (χ4v) is 4.44. The zero-order valence-electron chi connectivity index (χ0n) is 16.7. The predicted molar refractivity (Wildman–Crippen MR) is 121 cm³/mol. The number of hydrogen-bond acceptors (Lipinski definition) is 5. The van der Waals surface area contributed by atoms with Gasteiger partial charge >= 0.3 is 0 Å². The number of rotatable bonds is 5. The van der Waals surface area contributed by atoms with Gasteiger partial charge in [0.05, 0.1) is 16.6 Å². The molecule has 5 rings (SSSR count). The van der Waals surface area contributed by atoms with E-state index in [0.29, 0.717) is 18.1 Å². The second-order valence-electron chi connectivity index (χ2n) is 7.09. The summed E-state index contributed by atoms with van der Waals surface area (Å²) < 4.78 is 11.3. The first-order valence-electron chi connectivity index (χ1n) is 10.0. The summed E-state index contributed by atoms with van der Waals surface area (Å²) in [5.41, 5.74) is 2.78. The quantitative estimate of drug-likeness (QED) is 0.480. The fraction of sp³-hybridized carbons (Fsp3) is 0.120. The van der Waals surface area contributed by atoms with Crippen molar-refractivity contribution in [2.45, 2.75) is 6.04 Å². The molecule has 1 aliphatic heterocycles. The van der Waals surface area contributed by atoms with E-state index in [4.69, 9.17) is 9.47 Å². The van der Waals surface area contributed by atoms with E-state index in [1.165, 1.54) is 11.3 Å². The van der Waals surface area contributed by atoms with Gasteiger partial charge in [-0.15, -0.1) is 11.3 Å². The van der Waals surface area contributed by atoms with Crippen LogP contribution in [-0.4, -0.2) is 24.1 Å². The third-order valence-corrected chi connectivity index (χ3v) is 6.18. The van der Waals surface area contributed by atoms with Gasteiger partial charge in [-0.3, -0.25) is 9.78 Å². The van der Waals surface area contributed by atoms with Crippen molar-refractivity contribution in [3.8, 4) is 21.9 Å². The average molecular weight is 429 g/mol. The SMILES string of the molecule is O=C(NC(c1ccccc1)c1ccccn1)c1ccc(-c2ccc3c(c2)OCCO3)s1. The molecule has 1 atom stereocenters. The maximum Gasteiger partial charge on any atom is 0.262 e. The van der Waals surface area contributed by atoms with E-state index < -0.39 is 0 Å². The van der Waals surface area contributed by atoms with Gasteiger partial charge in [-0.1, -0.05) is 36.4 Å². The van der Waals surface area contributed by atoms with E-state index in [1.54, 1.807) is 6.20 Å². The summed E-state index contributed by atoms with van der Waals surface area (Å²) in [5, 5.41) is 3.14. The van der Waals surface area contributed by atoms with Crippen LogP contribution in [0.4, 0.5) is 0 Å².